The van der Waals surface area contributed by atoms with E-state index in [-0.39, 0.29) is 11.7 Å². The van der Waals surface area contributed by atoms with E-state index in [9.17, 15) is 9.18 Å². The van der Waals surface area contributed by atoms with Gasteiger partial charge in [-0.15, -0.1) is 0 Å². The van der Waals surface area contributed by atoms with Gasteiger partial charge in [-0.3, -0.25) is 9.78 Å². The van der Waals surface area contributed by atoms with Crippen molar-refractivity contribution >= 4 is 16.8 Å². The lowest BCUT2D eigenvalue weighted by molar-refractivity contribution is -0.121. The van der Waals surface area contributed by atoms with Crippen molar-refractivity contribution in [2.45, 2.75) is 12.8 Å². The third kappa shape index (κ3) is 3.99. The minimum Gasteiger partial charge on any atom is -0.383 e. The van der Waals surface area contributed by atoms with Crippen LogP contribution in [0.15, 0.2) is 30.3 Å². The molecule has 106 valence electrons. The molecule has 1 heterocycles. The largest absolute Gasteiger partial charge is 0.383 e. The van der Waals surface area contributed by atoms with Crippen LogP contribution in [0.5, 0.6) is 0 Å². The number of fused-ring (bicyclic) bond motifs is 1. The minimum atomic E-state index is -0.274. The van der Waals surface area contributed by atoms with Gasteiger partial charge in [-0.25, -0.2) is 4.39 Å². The van der Waals surface area contributed by atoms with Crippen molar-refractivity contribution < 1.29 is 13.9 Å². The number of aryl methyl sites for hydroxylation is 1. The van der Waals surface area contributed by atoms with Crippen molar-refractivity contribution in [1.82, 2.24) is 10.3 Å². The van der Waals surface area contributed by atoms with E-state index in [1.165, 1.54) is 12.1 Å². The van der Waals surface area contributed by atoms with Gasteiger partial charge >= 0.3 is 0 Å². The molecule has 0 saturated heterocycles. The van der Waals surface area contributed by atoms with Gasteiger partial charge in [-0.1, -0.05) is 6.07 Å². The maximum absolute atomic E-state index is 13.0. The summed E-state index contributed by atoms with van der Waals surface area (Å²) in [6, 6.07) is 8.13. The lowest BCUT2D eigenvalue weighted by Gasteiger charge is -2.05. The van der Waals surface area contributed by atoms with Gasteiger partial charge in [0, 0.05) is 31.2 Å². The number of aromatic nitrogens is 1. The molecule has 0 aliphatic rings. The van der Waals surface area contributed by atoms with Gasteiger partial charge in [0.1, 0.15) is 5.82 Å². The highest BCUT2D eigenvalue weighted by Crippen LogP contribution is 2.14. The summed E-state index contributed by atoms with van der Waals surface area (Å²) in [5.41, 5.74) is 1.56. The van der Waals surface area contributed by atoms with Crippen molar-refractivity contribution in [1.29, 1.82) is 0 Å². The monoisotopic (exact) mass is 276 g/mol. The van der Waals surface area contributed by atoms with Crippen molar-refractivity contribution in [3.05, 3.63) is 41.8 Å². The Morgan fingerprint density at radius 3 is 3.00 bits per heavy atom. The first-order chi connectivity index (χ1) is 9.69. The van der Waals surface area contributed by atoms with Crippen LogP contribution < -0.4 is 5.32 Å². The smallest absolute Gasteiger partial charge is 0.220 e. The number of halogens is 1. The molecule has 1 N–H and O–H groups in total. The fraction of sp³-hybridized carbons (Fsp3) is 0.333. The Balaban J connectivity index is 1.93. The number of nitrogens with zero attached hydrogens (tertiary/aromatic N) is 1. The van der Waals surface area contributed by atoms with E-state index in [2.05, 4.69) is 10.3 Å². The summed E-state index contributed by atoms with van der Waals surface area (Å²) in [5, 5.41) is 3.52. The standard InChI is InChI=1S/C15H17FN2O2/c1-20-9-8-17-15(19)7-5-13-4-2-11-10-12(16)3-6-14(11)18-13/h2-4,6,10H,5,7-9H2,1H3,(H,17,19). The molecule has 0 atom stereocenters. The first-order valence-corrected chi connectivity index (χ1v) is 6.50. The molecule has 0 fully saturated rings. The highest BCUT2D eigenvalue weighted by molar-refractivity contribution is 5.79. The zero-order valence-corrected chi connectivity index (χ0v) is 11.4. The van der Waals surface area contributed by atoms with Crippen LogP contribution >= 0.6 is 0 Å². The van der Waals surface area contributed by atoms with Gasteiger partial charge in [0.2, 0.25) is 5.91 Å². The molecule has 2 rings (SSSR count). The van der Waals surface area contributed by atoms with Gasteiger partial charge in [0.25, 0.3) is 0 Å². The first-order valence-electron chi connectivity index (χ1n) is 6.50. The molecule has 0 aliphatic carbocycles. The molecular formula is C15H17FN2O2. The summed E-state index contributed by atoms with van der Waals surface area (Å²) in [7, 11) is 1.59. The number of hydrogen-bond donors (Lipinski definition) is 1. The number of methoxy groups -OCH3 is 1. The third-order valence-corrected chi connectivity index (χ3v) is 2.95. The number of nitrogens with one attached hydrogen (secondary N) is 1. The Morgan fingerprint density at radius 2 is 2.20 bits per heavy atom. The van der Waals surface area contributed by atoms with Crippen LogP contribution in [-0.4, -0.2) is 31.2 Å². The zero-order valence-electron chi connectivity index (χ0n) is 11.4. The molecule has 2 aromatic rings. The summed E-state index contributed by atoms with van der Waals surface area (Å²) < 4.78 is 17.9. The van der Waals surface area contributed by atoms with E-state index in [0.29, 0.717) is 26.0 Å². The van der Waals surface area contributed by atoms with E-state index in [1.54, 1.807) is 13.2 Å². The number of pyridine rings is 1. The van der Waals surface area contributed by atoms with Gasteiger partial charge in [0.05, 0.1) is 12.1 Å². The number of benzene rings is 1. The third-order valence-electron chi connectivity index (χ3n) is 2.95. The highest BCUT2D eigenvalue weighted by atomic mass is 19.1. The van der Waals surface area contributed by atoms with Gasteiger partial charge in [-0.05, 0) is 30.7 Å². The molecule has 0 saturated carbocycles. The molecule has 0 aliphatic heterocycles. The van der Waals surface area contributed by atoms with Crippen molar-refractivity contribution in [3.8, 4) is 0 Å². The topological polar surface area (TPSA) is 51.2 Å². The van der Waals surface area contributed by atoms with Crippen LogP contribution in [0, 0.1) is 5.82 Å². The lowest BCUT2D eigenvalue weighted by Crippen LogP contribution is -2.27. The predicted molar refractivity (Wildman–Crippen MR) is 74.9 cm³/mol. The molecule has 1 aromatic heterocycles. The van der Waals surface area contributed by atoms with Crippen molar-refractivity contribution in [2.75, 3.05) is 20.3 Å². The number of hydrogen-bond acceptors (Lipinski definition) is 3. The van der Waals surface area contributed by atoms with E-state index in [0.717, 1.165) is 16.6 Å². The molecule has 5 heteroatoms. The normalized spacial score (nSPS) is 10.7. The molecule has 20 heavy (non-hydrogen) atoms. The van der Waals surface area contributed by atoms with E-state index >= 15 is 0 Å². The summed E-state index contributed by atoms with van der Waals surface area (Å²) >= 11 is 0. The van der Waals surface area contributed by atoms with Crippen LogP contribution in [0.3, 0.4) is 0 Å². The molecule has 1 aromatic carbocycles. The Hall–Kier alpha value is -2.01. The van der Waals surface area contributed by atoms with E-state index in [1.807, 2.05) is 12.1 Å². The maximum atomic E-state index is 13.0. The molecule has 0 spiro atoms. The molecule has 0 bridgehead atoms. The van der Waals surface area contributed by atoms with E-state index in [4.69, 9.17) is 4.74 Å². The summed E-state index contributed by atoms with van der Waals surface area (Å²) in [5.74, 6) is -0.298. The number of rotatable bonds is 6. The van der Waals surface area contributed by atoms with Gasteiger partial charge < -0.3 is 10.1 Å². The highest BCUT2D eigenvalue weighted by Gasteiger charge is 2.04. The second kappa shape index (κ2) is 6.96. The Kier molecular flexibility index (Phi) is 5.01. The van der Waals surface area contributed by atoms with Gasteiger partial charge in [0.15, 0.2) is 0 Å². The summed E-state index contributed by atoms with van der Waals surface area (Å²) in [6.07, 6.45) is 0.940. The zero-order chi connectivity index (χ0) is 14.4. The molecular weight excluding hydrogens is 259 g/mol. The lowest BCUT2D eigenvalue weighted by atomic mass is 10.1. The predicted octanol–water partition coefficient (Wildman–Crippen LogP) is 2.07. The van der Waals surface area contributed by atoms with Crippen LogP contribution in [0.2, 0.25) is 0 Å². The van der Waals surface area contributed by atoms with Crippen LogP contribution in [-0.2, 0) is 16.0 Å². The average molecular weight is 276 g/mol. The van der Waals surface area contributed by atoms with Crippen LogP contribution in [0.4, 0.5) is 4.39 Å². The quantitative estimate of drug-likeness (QED) is 0.822. The van der Waals surface area contributed by atoms with Crippen molar-refractivity contribution in [2.24, 2.45) is 0 Å². The molecule has 0 radical (unpaired) electrons. The minimum absolute atomic E-state index is 0.0250. The number of carbonyl (C=O) groups excluding carboxylic acids is 1. The average Bonchev–Trinajstić information content (AvgIpc) is 2.45. The first kappa shape index (κ1) is 14.4. The van der Waals surface area contributed by atoms with Crippen molar-refractivity contribution in [3.63, 3.8) is 0 Å². The summed E-state index contributed by atoms with van der Waals surface area (Å²) in [4.78, 5) is 16.0. The Morgan fingerprint density at radius 1 is 1.35 bits per heavy atom. The second-order valence-corrected chi connectivity index (χ2v) is 4.48. The Bertz CT molecular complexity index is 601. The molecule has 0 unspecified atom stereocenters. The number of amides is 1. The molecule has 4 nitrogen and oxygen atoms in total. The van der Waals surface area contributed by atoms with Gasteiger partial charge in [-0.2, -0.15) is 0 Å². The molecule has 1 amide bonds. The number of ether oxygens (including phenoxy) is 1. The fourth-order valence-electron chi connectivity index (χ4n) is 1.90. The summed E-state index contributed by atoms with van der Waals surface area (Å²) in [6.45, 7) is 1.02. The van der Waals surface area contributed by atoms with Crippen LogP contribution in [0.1, 0.15) is 12.1 Å². The SMILES string of the molecule is COCCNC(=O)CCc1ccc2cc(F)ccc2n1. The maximum Gasteiger partial charge on any atom is 0.220 e. The van der Waals surface area contributed by atoms with Crippen LogP contribution in [0.25, 0.3) is 10.9 Å². The fourth-order valence-corrected chi connectivity index (χ4v) is 1.90. The second-order valence-electron chi connectivity index (χ2n) is 4.48. The number of carbonyl (C=O) groups is 1. The Labute approximate surface area is 117 Å². The van der Waals surface area contributed by atoms with E-state index < -0.39 is 0 Å².